The Morgan fingerprint density at radius 3 is 2.14 bits per heavy atom. The average Bonchev–Trinajstić information content (AvgIpc) is 2.41. The van der Waals surface area contributed by atoms with Crippen LogP contribution in [0.2, 0.25) is 0 Å². The Hall–Kier alpha value is -1.56. The Balaban J connectivity index is 2.96. The number of rotatable bonds is 6. The lowest BCUT2D eigenvalue weighted by molar-refractivity contribution is -0.161. The molecule has 2 unspecified atom stereocenters. The van der Waals surface area contributed by atoms with Crippen LogP contribution in [0.25, 0.3) is 0 Å². The van der Waals surface area contributed by atoms with Gasteiger partial charge in [-0.25, -0.2) is 0 Å². The van der Waals surface area contributed by atoms with Gasteiger partial charge in [-0.05, 0) is 26.3 Å². The van der Waals surface area contributed by atoms with E-state index in [2.05, 4.69) is 0 Å². The summed E-state index contributed by atoms with van der Waals surface area (Å²) in [4.78, 5) is 13.5. The fraction of sp³-hybridized carbons (Fsp3) is 0.562. The molecule has 1 rings (SSSR count). The molecule has 3 nitrogen and oxygen atoms in total. The minimum atomic E-state index is -4.50. The van der Waals surface area contributed by atoms with Gasteiger partial charge in [0.05, 0.1) is 12.0 Å². The zero-order chi connectivity index (χ0) is 16.9. The normalized spacial score (nSPS) is 14.7. The molecule has 0 saturated carbocycles. The van der Waals surface area contributed by atoms with Crippen molar-refractivity contribution < 1.29 is 23.1 Å². The van der Waals surface area contributed by atoms with Crippen LogP contribution in [0.4, 0.5) is 13.2 Å². The third-order valence-corrected chi connectivity index (χ3v) is 3.38. The summed E-state index contributed by atoms with van der Waals surface area (Å²) < 4.78 is 39.8. The predicted octanol–water partition coefficient (Wildman–Crippen LogP) is 3.34. The van der Waals surface area contributed by atoms with Crippen LogP contribution in [0.15, 0.2) is 30.3 Å². The number of nitrogens with zero attached hydrogens (tertiary/aromatic N) is 1. The molecular weight excluding hydrogens is 295 g/mol. The van der Waals surface area contributed by atoms with E-state index in [1.54, 1.807) is 19.9 Å². The summed E-state index contributed by atoms with van der Waals surface area (Å²) in [5, 5.41) is 9.42. The zero-order valence-corrected chi connectivity index (χ0v) is 13.0. The van der Waals surface area contributed by atoms with E-state index in [-0.39, 0.29) is 18.2 Å². The van der Waals surface area contributed by atoms with Gasteiger partial charge in [0.25, 0.3) is 0 Å². The van der Waals surface area contributed by atoms with Crippen LogP contribution in [-0.4, -0.2) is 40.8 Å². The number of hydrogen-bond donors (Lipinski definition) is 1. The monoisotopic (exact) mass is 317 g/mol. The van der Waals surface area contributed by atoms with Crippen LogP contribution in [0, 0.1) is 0 Å². The largest absolute Gasteiger partial charge is 0.396 e. The predicted molar refractivity (Wildman–Crippen MR) is 78.4 cm³/mol. The van der Waals surface area contributed by atoms with Crippen LogP contribution in [-0.2, 0) is 4.79 Å². The van der Waals surface area contributed by atoms with Crippen LogP contribution >= 0.6 is 0 Å². The molecular formula is C16H22F3NO2. The number of halogens is 3. The number of hydrogen-bond acceptors (Lipinski definition) is 2. The molecule has 22 heavy (non-hydrogen) atoms. The number of aliphatic hydroxyl groups excluding tert-OH is 1. The van der Waals surface area contributed by atoms with Crippen molar-refractivity contribution in [3.05, 3.63) is 35.9 Å². The first-order chi connectivity index (χ1) is 10.1. The van der Waals surface area contributed by atoms with E-state index in [0.29, 0.717) is 0 Å². The number of amides is 1. The molecule has 1 aromatic carbocycles. The highest BCUT2D eigenvalue weighted by atomic mass is 19.4. The number of aliphatic hydroxyl groups is 1. The number of alkyl halides is 3. The van der Waals surface area contributed by atoms with E-state index < -0.39 is 30.5 Å². The molecule has 124 valence electrons. The number of benzene rings is 1. The number of carbonyl (C=O) groups is 1. The van der Waals surface area contributed by atoms with Crippen LogP contribution in [0.1, 0.15) is 38.7 Å². The smallest absolute Gasteiger partial charge is 0.392 e. The molecule has 0 aliphatic heterocycles. The highest BCUT2D eigenvalue weighted by molar-refractivity contribution is 5.77. The van der Waals surface area contributed by atoms with E-state index in [9.17, 15) is 23.1 Å². The van der Waals surface area contributed by atoms with Crippen LogP contribution < -0.4 is 0 Å². The van der Waals surface area contributed by atoms with Gasteiger partial charge in [0, 0.05) is 19.0 Å². The molecule has 0 spiro atoms. The highest BCUT2D eigenvalue weighted by Gasteiger charge is 2.42. The van der Waals surface area contributed by atoms with Crippen molar-refractivity contribution in [1.82, 2.24) is 4.90 Å². The van der Waals surface area contributed by atoms with Crippen molar-refractivity contribution in [3.63, 3.8) is 0 Å². The van der Waals surface area contributed by atoms with Crippen molar-refractivity contribution in [1.29, 1.82) is 0 Å². The Morgan fingerprint density at radius 1 is 1.18 bits per heavy atom. The Bertz CT molecular complexity index is 472. The van der Waals surface area contributed by atoms with E-state index in [0.717, 1.165) is 0 Å². The van der Waals surface area contributed by atoms with Gasteiger partial charge in [-0.2, -0.15) is 13.2 Å². The molecule has 0 saturated heterocycles. The molecule has 1 N–H and O–H groups in total. The quantitative estimate of drug-likeness (QED) is 0.874. The first-order valence-electron chi connectivity index (χ1n) is 7.22. The lowest BCUT2D eigenvalue weighted by Crippen LogP contribution is -2.42. The molecule has 0 radical (unpaired) electrons. The molecule has 0 bridgehead atoms. The van der Waals surface area contributed by atoms with Crippen molar-refractivity contribution in [2.24, 2.45) is 0 Å². The van der Waals surface area contributed by atoms with E-state index in [4.69, 9.17) is 0 Å². The Labute approximate surface area is 128 Å². The Kier molecular flexibility index (Phi) is 6.41. The minimum Gasteiger partial charge on any atom is -0.392 e. The molecule has 2 atom stereocenters. The summed E-state index contributed by atoms with van der Waals surface area (Å²) in [5.74, 6) is -2.45. The summed E-state index contributed by atoms with van der Waals surface area (Å²) in [7, 11) is 0. The molecule has 0 aliphatic carbocycles. The van der Waals surface area contributed by atoms with Crippen molar-refractivity contribution in [2.75, 3.05) is 6.54 Å². The minimum absolute atomic E-state index is 0.0237. The zero-order valence-electron chi connectivity index (χ0n) is 13.0. The molecule has 0 fully saturated rings. The summed E-state index contributed by atoms with van der Waals surface area (Å²) in [6.07, 6.45) is -5.93. The second kappa shape index (κ2) is 7.63. The molecule has 1 aromatic rings. The summed E-state index contributed by atoms with van der Waals surface area (Å²) >= 11 is 0. The maximum Gasteiger partial charge on any atom is 0.396 e. The van der Waals surface area contributed by atoms with Crippen molar-refractivity contribution in [3.8, 4) is 0 Å². The number of carbonyl (C=O) groups excluding carboxylic acids is 1. The molecule has 1 amide bonds. The van der Waals surface area contributed by atoms with Crippen molar-refractivity contribution >= 4 is 5.91 Å². The van der Waals surface area contributed by atoms with Gasteiger partial charge >= 0.3 is 6.18 Å². The third kappa shape index (κ3) is 5.33. The first-order valence-corrected chi connectivity index (χ1v) is 7.22. The lowest BCUT2D eigenvalue weighted by atomic mass is 9.94. The maximum atomic E-state index is 13.3. The first kappa shape index (κ1) is 18.5. The molecule has 0 aromatic heterocycles. The van der Waals surface area contributed by atoms with Gasteiger partial charge in [-0.3, -0.25) is 4.79 Å². The van der Waals surface area contributed by atoms with Gasteiger partial charge in [-0.1, -0.05) is 30.3 Å². The second-order valence-electron chi connectivity index (χ2n) is 5.70. The second-order valence-corrected chi connectivity index (χ2v) is 5.70. The summed E-state index contributed by atoms with van der Waals surface area (Å²) in [6, 6.07) is 7.15. The van der Waals surface area contributed by atoms with Gasteiger partial charge < -0.3 is 10.0 Å². The maximum absolute atomic E-state index is 13.3. The average molecular weight is 317 g/mol. The van der Waals surface area contributed by atoms with E-state index in [1.165, 1.54) is 36.1 Å². The molecule has 6 heteroatoms. The van der Waals surface area contributed by atoms with Crippen molar-refractivity contribution in [2.45, 2.75) is 51.4 Å². The van der Waals surface area contributed by atoms with Gasteiger partial charge in [0.1, 0.15) is 0 Å². The highest BCUT2D eigenvalue weighted by Crippen LogP contribution is 2.37. The Morgan fingerprint density at radius 2 is 1.73 bits per heavy atom. The van der Waals surface area contributed by atoms with Crippen LogP contribution in [0.5, 0.6) is 0 Å². The van der Waals surface area contributed by atoms with E-state index in [1.807, 2.05) is 0 Å². The topological polar surface area (TPSA) is 40.5 Å². The van der Waals surface area contributed by atoms with Crippen LogP contribution in [0.3, 0.4) is 0 Å². The SMILES string of the molecule is CC(O)CN(C(=O)CC(c1ccccc1)C(F)(F)F)C(C)C. The van der Waals surface area contributed by atoms with E-state index >= 15 is 0 Å². The lowest BCUT2D eigenvalue weighted by Gasteiger charge is -2.30. The third-order valence-electron chi connectivity index (χ3n) is 3.38. The molecule has 0 aliphatic rings. The van der Waals surface area contributed by atoms with Gasteiger partial charge in [0.2, 0.25) is 5.91 Å². The molecule has 0 heterocycles. The standard InChI is InChI=1S/C16H22F3NO2/c1-11(2)20(10-12(3)21)15(22)9-14(16(17,18)19)13-7-5-4-6-8-13/h4-8,11-12,14,21H,9-10H2,1-3H3. The van der Waals surface area contributed by atoms with Gasteiger partial charge in [-0.15, -0.1) is 0 Å². The fourth-order valence-corrected chi connectivity index (χ4v) is 2.29. The summed E-state index contributed by atoms with van der Waals surface area (Å²) in [6.45, 7) is 4.95. The van der Waals surface area contributed by atoms with Gasteiger partial charge in [0.15, 0.2) is 0 Å². The fourth-order valence-electron chi connectivity index (χ4n) is 2.29. The summed E-state index contributed by atoms with van der Waals surface area (Å²) in [5.41, 5.74) is 0.0732.